The molecule has 0 aromatic heterocycles. The van der Waals surface area contributed by atoms with Crippen molar-refractivity contribution < 1.29 is 0 Å². The van der Waals surface area contributed by atoms with Crippen LogP contribution >= 0.6 is 0 Å². The molecule has 0 amide bonds. The molecule has 0 aliphatic carbocycles. The molecule has 0 fully saturated rings. The van der Waals surface area contributed by atoms with E-state index in [1.165, 1.54) is 0 Å². The van der Waals surface area contributed by atoms with E-state index in [0.29, 0.717) is 19.6 Å². The smallest absolute Gasteiger partial charge is 0.0110 e. The zero-order valence-electron chi connectivity index (χ0n) is 23.2. The van der Waals surface area contributed by atoms with Gasteiger partial charge in [-0.05, 0) is 13.1 Å². The molecule has 0 aromatic rings. The van der Waals surface area contributed by atoms with Crippen LogP contribution in [0.2, 0.25) is 0 Å². The minimum absolute atomic E-state index is 0.677. The maximum Gasteiger partial charge on any atom is 0.0110 e. The largest absolute Gasteiger partial charge is 0.329 e. The maximum absolute atomic E-state index is 5.80. The van der Waals surface area contributed by atoms with Crippen molar-refractivity contribution >= 4 is 0 Å². The predicted octanol–water partition coefficient (Wildman–Crippen LogP) is -3.16. The number of hydrogen-bond acceptors (Lipinski definition) is 11. The van der Waals surface area contributed by atoms with Crippen molar-refractivity contribution in [3.8, 4) is 0 Å². The summed E-state index contributed by atoms with van der Waals surface area (Å²) in [5.74, 6) is 0. The molecular weight excluding hydrogens is 442 g/mol. The summed E-state index contributed by atoms with van der Waals surface area (Å²) in [7, 11) is 0. The molecule has 0 spiro atoms. The number of nitrogens with one attached hydrogen (secondary N) is 3. The molecule has 0 saturated carbocycles. The van der Waals surface area contributed by atoms with Gasteiger partial charge in [-0.3, -0.25) is 14.7 Å². The van der Waals surface area contributed by atoms with Crippen molar-refractivity contribution in [3.05, 3.63) is 0 Å². The molecule has 11 heteroatoms. The van der Waals surface area contributed by atoms with Crippen LogP contribution < -0.4 is 38.9 Å². The summed E-state index contributed by atoms with van der Waals surface area (Å²) in [5.41, 5.74) is 22.9. The number of nitrogens with zero attached hydrogens (tertiary/aromatic N) is 4. The van der Waals surface area contributed by atoms with Crippen molar-refractivity contribution in [1.29, 1.82) is 0 Å². The van der Waals surface area contributed by atoms with Crippen LogP contribution in [0.5, 0.6) is 0 Å². The molecule has 0 unspecified atom stereocenters. The summed E-state index contributed by atoms with van der Waals surface area (Å²) in [6.07, 6.45) is 0. The van der Waals surface area contributed by atoms with Gasteiger partial charge in [0.05, 0.1) is 0 Å². The lowest BCUT2D eigenvalue weighted by molar-refractivity contribution is 0.178. The van der Waals surface area contributed by atoms with Crippen molar-refractivity contribution in [1.82, 2.24) is 35.6 Å². The third-order valence-electron chi connectivity index (χ3n) is 6.24. The van der Waals surface area contributed by atoms with Crippen LogP contribution in [0.15, 0.2) is 0 Å². The maximum atomic E-state index is 5.80. The summed E-state index contributed by atoms with van der Waals surface area (Å²) >= 11 is 0. The van der Waals surface area contributed by atoms with Gasteiger partial charge < -0.3 is 43.8 Å². The van der Waals surface area contributed by atoms with Gasteiger partial charge in [-0.2, -0.15) is 0 Å². The first kappa shape index (κ1) is 34.6. The first-order chi connectivity index (χ1) is 17.1. The first-order valence-corrected chi connectivity index (χ1v) is 14.0. The van der Waals surface area contributed by atoms with Crippen LogP contribution in [-0.4, -0.2) is 164 Å². The first-order valence-electron chi connectivity index (χ1n) is 14.0. The van der Waals surface area contributed by atoms with E-state index < -0.39 is 0 Å². The fourth-order valence-electron chi connectivity index (χ4n) is 4.03. The highest BCUT2D eigenvalue weighted by molar-refractivity contribution is 4.70. The molecule has 0 saturated heterocycles. The van der Waals surface area contributed by atoms with Gasteiger partial charge in [0.2, 0.25) is 0 Å². The van der Waals surface area contributed by atoms with E-state index >= 15 is 0 Å². The number of hydrogen-bond donors (Lipinski definition) is 7. The van der Waals surface area contributed by atoms with E-state index in [2.05, 4.69) is 49.4 Å². The molecular formula is C24H61N11. The van der Waals surface area contributed by atoms with E-state index in [9.17, 15) is 0 Å². The van der Waals surface area contributed by atoms with Gasteiger partial charge in [0.15, 0.2) is 0 Å². The second-order valence-electron chi connectivity index (χ2n) is 8.97. The van der Waals surface area contributed by atoms with Gasteiger partial charge in [0.25, 0.3) is 0 Å². The minimum atomic E-state index is 0.677. The van der Waals surface area contributed by atoms with Gasteiger partial charge in [0.1, 0.15) is 0 Å². The molecule has 0 radical (unpaired) electrons. The molecule has 0 aliphatic rings. The van der Waals surface area contributed by atoms with Crippen LogP contribution in [0.25, 0.3) is 0 Å². The van der Waals surface area contributed by atoms with Crippen LogP contribution in [0.4, 0.5) is 0 Å². The van der Waals surface area contributed by atoms with Crippen molar-refractivity contribution in [2.45, 2.75) is 13.8 Å². The molecule has 35 heavy (non-hydrogen) atoms. The SMILES string of the molecule is CCNCCN(CCN(CCN)CCN)CCN(CCNCCN)CCNCCN(CC)CCN. The lowest BCUT2D eigenvalue weighted by Gasteiger charge is -2.30. The molecule has 0 atom stereocenters. The summed E-state index contributed by atoms with van der Waals surface area (Å²) in [4.78, 5) is 9.90. The third kappa shape index (κ3) is 21.4. The van der Waals surface area contributed by atoms with Crippen LogP contribution in [0.3, 0.4) is 0 Å². The normalized spacial score (nSPS) is 12.2. The summed E-state index contributed by atoms with van der Waals surface area (Å²) < 4.78 is 0. The molecule has 11 N–H and O–H groups in total. The van der Waals surface area contributed by atoms with E-state index in [1.807, 2.05) is 0 Å². The lowest BCUT2D eigenvalue weighted by atomic mass is 10.3. The molecule has 0 aliphatic heterocycles. The summed E-state index contributed by atoms with van der Waals surface area (Å²) in [6, 6.07) is 0. The van der Waals surface area contributed by atoms with E-state index in [0.717, 1.165) is 124 Å². The Bertz CT molecular complexity index is 411. The monoisotopic (exact) mass is 504 g/mol. The summed E-state index contributed by atoms with van der Waals surface area (Å²) in [6.45, 7) is 25.1. The molecule has 212 valence electrons. The van der Waals surface area contributed by atoms with Gasteiger partial charge in [0, 0.05) is 131 Å². The van der Waals surface area contributed by atoms with Crippen molar-refractivity contribution in [2.75, 3.05) is 144 Å². The van der Waals surface area contributed by atoms with Gasteiger partial charge in [-0.15, -0.1) is 0 Å². The fourth-order valence-corrected chi connectivity index (χ4v) is 4.03. The average Bonchev–Trinajstić information content (AvgIpc) is 2.86. The minimum Gasteiger partial charge on any atom is -0.329 e. The van der Waals surface area contributed by atoms with Gasteiger partial charge >= 0.3 is 0 Å². The lowest BCUT2D eigenvalue weighted by Crippen LogP contribution is -2.46. The van der Waals surface area contributed by atoms with Crippen LogP contribution in [0, 0.1) is 0 Å². The van der Waals surface area contributed by atoms with Crippen molar-refractivity contribution in [2.24, 2.45) is 22.9 Å². The third-order valence-corrected chi connectivity index (χ3v) is 6.24. The quantitative estimate of drug-likeness (QED) is 0.0541. The van der Waals surface area contributed by atoms with Gasteiger partial charge in [-0.25, -0.2) is 0 Å². The van der Waals surface area contributed by atoms with Crippen molar-refractivity contribution in [3.63, 3.8) is 0 Å². The Kier molecular flexibility index (Phi) is 26.3. The summed E-state index contributed by atoms with van der Waals surface area (Å²) in [5, 5.41) is 10.5. The molecule has 0 aromatic carbocycles. The molecule has 0 bridgehead atoms. The average molecular weight is 504 g/mol. The Hall–Kier alpha value is -0.440. The number of nitrogens with two attached hydrogens (primary N) is 4. The molecule has 0 rings (SSSR count). The molecule has 0 heterocycles. The second-order valence-corrected chi connectivity index (χ2v) is 8.97. The zero-order valence-corrected chi connectivity index (χ0v) is 23.2. The topological polar surface area (TPSA) is 153 Å². The van der Waals surface area contributed by atoms with E-state index in [4.69, 9.17) is 22.9 Å². The Morgan fingerprint density at radius 1 is 0.400 bits per heavy atom. The predicted molar refractivity (Wildman–Crippen MR) is 152 cm³/mol. The Morgan fingerprint density at radius 2 is 0.771 bits per heavy atom. The zero-order chi connectivity index (χ0) is 26.0. The van der Waals surface area contributed by atoms with Crippen LogP contribution in [-0.2, 0) is 0 Å². The highest BCUT2D eigenvalue weighted by Gasteiger charge is 2.12. The standard InChI is InChI=1S/C24H61N11/c1-3-29-10-18-35(23-21-33(15-7-27)16-8-28)24-22-34(19-12-30-9-5-25)20-13-31-11-17-32(4-2)14-6-26/h29-31H,3-28H2,1-2H3. The fraction of sp³-hybridized carbons (Fsp3) is 1.00. The van der Waals surface area contributed by atoms with Crippen LogP contribution in [0.1, 0.15) is 13.8 Å². The molecule has 11 nitrogen and oxygen atoms in total. The highest BCUT2D eigenvalue weighted by atomic mass is 15.2. The Morgan fingerprint density at radius 3 is 1.20 bits per heavy atom. The Balaban J connectivity index is 4.67. The van der Waals surface area contributed by atoms with Gasteiger partial charge in [-0.1, -0.05) is 13.8 Å². The second kappa shape index (κ2) is 26.6. The van der Waals surface area contributed by atoms with E-state index in [-0.39, 0.29) is 0 Å². The number of likely N-dealkylation sites (N-methyl/N-ethyl adjacent to an activating group) is 2. The van der Waals surface area contributed by atoms with E-state index in [1.54, 1.807) is 0 Å². The Labute approximate surface area is 216 Å². The number of rotatable bonds is 28. The highest BCUT2D eigenvalue weighted by Crippen LogP contribution is 1.96.